The zero-order chi connectivity index (χ0) is 17.0. The van der Waals surface area contributed by atoms with Crippen LogP contribution in [-0.2, 0) is 9.59 Å². The summed E-state index contributed by atoms with van der Waals surface area (Å²) in [6.07, 6.45) is 2.21. The lowest BCUT2D eigenvalue weighted by Gasteiger charge is -2.39. The van der Waals surface area contributed by atoms with Crippen molar-refractivity contribution in [3.8, 4) is 0 Å². The van der Waals surface area contributed by atoms with E-state index >= 15 is 0 Å². The van der Waals surface area contributed by atoms with E-state index in [1.54, 1.807) is 17.0 Å². The average molecular weight is 320 g/mol. The molecule has 2 atom stereocenters. The third-order valence-corrected chi connectivity index (χ3v) is 4.22. The molecular formula is C16H20N2O5. The molecular weight excluding hydrogens is 300 g/mol. The molecule has 0 spiro atoms. The summed E-state index contributed by atoms with van der Waals surface area (Å²) in [5.41, 5.74) is 0.579. The molecule has 1 aromatic carbocycles. The number of rotatable bonds is 6. The Morgan fingerprint density at radius 3 is 2.57 bits per heavy atom. The lowest BCUT2D eigenvalue weighted by atomic mass is 9.84. The van der Waals surface area contributed by atoms with E-state index < -0.39 is 22.9 Å². The second-order valence-corrected chi connectivity index (χ2v) is 5.72. The number of carbonyl (C=O) groups excluding carboxylic acids is 1. The van der Waals surface area contributed by atoms with Crippen molar-refractivity contribution in [2.75, 3.05) is 6.54 Å². The number of benzene rings is 1. The highest BCUT2D eigenvalue weighted by Gasteiger charge is 2.40. The van der Waals surface area contributed by atoms with Gasteiger partial charge in [0.15, 0.2) is 0 Å². The van der Waals surface area contributed by atoms with Crippen LogP contribution >= 0.6 is 0 Å². The summed E-state index contributed by atoms with van der Waals surface area (Å²) < 4.78 is 0. The first kappa shape index (κ1) is 16.9. The summed E-state index contributed by atoms with van der Waals surface area (Å²) in [5.74, 6) is -1.69. The lowest BCUT2D eigenvalue weighted by Crippen LogP contribution is -2.45. The van der Waals surface area contributed by atoms with Crippen molar-refractivity contribution < 1.29 is 19.6 Å². The summed E-state index contributed by atoms with van der Waals surface area (Å²) >= 11 is 0. The molecule has 1 N–H and O–H groups in total. The Morgan fingerprint density at radius 2 is 2.04 bits per heavy atom. The van der Waals surface area contributed by atoms with E-state index in [0.717, 1.165) is 12.8 Å². The van der Waals surface area contributed by atoms with Crippen LogP contribution < -0.4 is 0 Å². The summed E-state index contributed by atoms with van der Waals surface area (Å²) in [5, 5.41) is 20.3. The SMILES string of the molecule is CCCCN1C(=O)CC[C@H](C(=O)O)[C@H]1c1ccc([N+](=O)[O-])cc1. The number of nitrogens with zero attached hydrogens (tertiary/aromatic N) is 2. The Balaban J connectivity index is 2.37. The van der Waals surface area contributed by atoms with Gasteiger partial charge < -0.3 is 10.0 Å². The molecule has 1 heterocycles. The number of non-ortho nitro benzene ring substituents is 1. The summed E-state index contributed by atoms with van der Waals surface area (Å²) in [6, 6.07) is 5.24. The molecule has 0 radical (unpaired) electrons. The first-order valence-corrected chi connectivity index (χ1v) is 7.72. The van der Waals surface area contributed by atoms with E-state index in [2.05, 4.69) is 0 Å². The number of hydrogen-bond acceptors (Lipinski definition) is 4. The van der Waals surface area contributed by atoms with Crippen LogP contribution in [0, 0.1) is 16.0 Å². The predicted molar refractivity (Wildman–Crippen MR) is 82.8 cm³/mol. The highest BCUT2D eigenvalue weighted by Crippen LogP contribution is 2.37. The molecule has 1 amide bonds. The number of nitro benzene ring substituents is 1. The number of amides is 1. The van der Waals surface area contributed by atoms with Gasteiger partial charge in [0.05, 0.1) is 16.9 Å². The van der Waals surface area contributed by atoms with E-state index in [1.165, 1.54) is 12.1 Å². The summed E-state index contributed by atoms with van der Waals surface area (Å²) in [4.78, 5) is 35.7. The largest absolute Gasteiger partial charge is 0.481 e. The molecule has 1 aliphatic rings. The van der Waals surface area contributed by atoms with E-state index in [1.807, 2.05) is 6.92 Å². The molecule has 0 saturated carbocycles. The maximum atomic E-state index is 12.3. The van der Waals surface area contributed by atoms with Gasteiger partial charge in [-0.2, -0.15) is 0 Å². The van der Waals surface area contributed by atoms with Crippen LogP contribution in [0.2, 0.25) is 0 Å². The van der Waals surface area contributed by atoms with Gasteiger partial charge in [0.1, 0.15) is 0 Å². The molecule has 1 fully saturated rings. The van der Waals surface area contributed by atoms with Crippen molar-refractivity contribution in [2.45, 2.75) is 38.6 Å². The fourth-order valence-corrected chi connectivity index (χ4v) is 3.01. The first-order valence-electron chi connectivity index (χ1n) is 7.72. The Kier molecular flexibility index (Phi) is 5.31. The summed E-state index contributed by atoms with van der Waals surface area (Å²) in [7, 11) is 0. The number of unbranched alkanes of at least 4 members (excludes halogenated alkanes) is 1. The van der Waals surface area contributed by atoms with Crippen LogP contribution in [0.3, 0.4) is 0 Å². The smallest absolute Gasteiger partial charge is 0.308 e. The van der Waals surface area contributed by atoms with Crippen molar-refractivity contribution in [1.82, 2.24) is 4.90 Å². The van der Waals surface area contributed by atoms with Gasteiger partial charge in [-0.25, -0.2) is 0 Å². The Hall–Kier alpha value is -2.44. The number of nitro groups is 1. The molecule has 1 saturated heterocycles. The molecule has 0 bridgehead atoms. The Bertz CT molecular complexity index is 599. The van der Waals surface area contributed by atoms with Crippen LogP contribution in [0.25, 0.3) is 0 Å². The highest BCUT2D eigenvalue weighted by atomic mass is 16.6. The predicted octanol–water partition coefficient (Wildman–Crippen LogP) is 2.76. The van der Waals surface area contributed by atoms with Crippen LogP contribution in [-0.4, -0.2) is 33.4 Å². The number of carbonyl (C=O) groups is 2. The topological polar surface area (TPSA) is 101 Å². The fraction of sp³-hybridized carbons (Fsp3) is 0.500. The number of piperidine rings is 1. The van der Waals surface area contributed by atoms with E-state index in [4.69, 9.17) is 0 Å². The molecule has 124 valence electrons. The number of aliphatic carboxylic acids is 1. The minimum Gasteiger partial charge on any atom is -0.481 e. The van der Waals surface area contributed by atoms with Crippen LogP contribution in [0.5, 0.6) is 0 Å². The molecule has 23 heavy (non-hydrogen) atoms. The fourth-order valence-electron chi connectivity index (χ4n) is 3.01. The van der Waals surface area contributed by atoms with Crippen molar-refractivity contribution in [3.63, 3.8) is 0 Å². The maximum Gasteiger partial charge on any atom is 0.308 e. The van der Waals surface area contributed by atoms with Crippen molar-refractivity contribution in [3.05, 3.63) is 39.9 Å². The van der Waals surface area contributed by atoms with Gasteiger partial charge in [-0.1, -0.05) is 25.5 Å². The van der Waals surface area contributed by atoms with Gasteiger partial charge in [-0.05, 0) is 18.4 Å². The van der Waals surface area contributed by atoms with E-state index in [0.29, 0.717) is 18.5 Å². The molecule has 1 aromatic rings. The third-order valence-electron chi connectivity index (χ3n) is 4.22. The molecule has 0 unspecified atom stereocenters. The molecule has 1 aliphatic heterocycles. The normalized spacial score (nSPS) is 21.3. The quantitative estimate of drug-likeness (QED) is 0.641. The van der Waals surface area contributed by atoms with Crippen LogP contribution in [0.4, 0.5) is 5.69 Å². The van der Waals surface area contributed by atoms with Gasteiger partial charge in [-0.3, -0.25) is 19.7 Å². The second-order valence-electron chi connectivity index (χ2n) is 5.72. The monoisotopic (exact) mass is 320 g/mol. The molecule has 0 aliphatic carbocycles. The Morgan fingerprint density at radius 1 is 1.39 bits per heavy atom. The first-order chi connectivity index (χ1) is 11.0. The molecule has 0 aromatic heterocycles. The number of carboxylic acid groups (broad SMARTS) is 1. The van der Waals surface area contributed by atoms with E-state index in [-0.39, 0.29) is 18.0 Å². The number of carboxylic acids is 1. The zero-order valence-electron chi connectivity index (χ0n) is 13.0. The average Bonchev–Trinajstić information content (AvgIpc) is 2.53. The third kappa shape index (κ3) is 3.67. The minimum absolute atomic E-state index is 0.0529. The van der Waals surface area contributed by atoms with Gasteiger partial charge in [0.25, 0.3) is 5.69 Å². The van der Waals surface area contributed by atoms with Gasteiger partial charge >= 0.3 is 5.97 Å². The number of hydrogen-bond donors (Lipinski definition) is 1. The Labute approximate surface area is 134 Å². The summed E-state index contributed by atoms with van der Waals surface area (Å²) in [6.45, 7) is 2.50. The molecule has 7 nitrogen and oxygen atoms in total. The van der Waals surface area contributed by atoms with Crippen molar-refractivity contribution in [2.24, 2.45) is 5.92 Å². The molecule has 7 heteroatoms. The van der Waals surface area contributed by atoms with Gasteiger partial charge in [0, 0.05) is 25.1 Å². The van der Waals surface area contributed by atoms with Crippen molar-refractivity contribution >= 4 is 17.6 Å². The second kappa shape index (κ2) is 7.21. The van der Waals surface area contributed by atoms with Gasteiger partial charge in [-0.15, -0.1) is 0 Å². The van der Waals surface area contributed by atoms with Crippen LogP contribution in [0.1, 0.15) is 44.2 Å². The van der Waals surface area contributed by atoms with Crippen molar-refractivity contribution in [1.29, 1.82) is 0 Å². The van der Waals surface area contributed by atoms with Gasteiger partial charge in [0.2, 0.25) is 5.91 Å². The van der Waals surface area contributed by atoms with Crippen LogP contribution in [0.15, 0.2) is 24.3 Å². The number of likely N-dealkylation sites (tertiary alicyclic amines) is 1. The maximum absolute atomic E-state index is 12.3. The molecule has 2 rings (SSSR count). The minimum atomic E-state index is -0.942. The lowest BCUT2D eigenvalue weighted by molar-refractivity contribution is -0.384. The van der Waals surface area contributed by atoms with E-state index in [9.17, 15) is 24.8 Å². The standard InChI is InChI=1S/C16H20N2O5/c1-2-3-10-17-14(19)9-8-13(16(20)21)15(17)11-4-6-12(7-5-11)18(22)23/h4-7,13,15H,2-3,8-10H2,1H3,(H,20,21)/t13-,15+/m0/s1. The zero-order valence-corrected chi connectivity index (χ0v) is 13.0. The highest BCUT2D eigenvalue weighted by molar-refractivity contribution is 5.81.